The zero-order valence-corrected chi connectivity index (χ0v) is 15.3. The maximum absolute atomic E-state index is 6.29. The van der Waals surface area contributed by atoms with Crippen molar-refractivity contribution in [1.29, 1.82) is 0 Å². The van der Waals surface area contributed by atoms with Crippen LogP contribution in [0.25, 0.3) is 11.3 Å². The number of fused-ring (bicyclic) bond motifs is 1. The smallest absolute Gasteiger partial charge is 0.209 e. The lowest BCUT2D eigenvalue weighted by atomic mass is 9.78. The molecule has 1 aromatic heterocycles. The number of halogens is 2. The van der Waals surface area contributed by atoms with Gasteiger partial charge in [0.2, 0.25) is 5.89 Å². The van der Waals surface area contributed by atoms with Crippen LogP contribution in [0, 0.1) is 11.8 Å². The minimum atomic E-state index is 0. The lowest BCUT2D eigenvalue weighted by Gasteiger charge is -2.29. The molecule has 2 fully saturated rings. The molecule has 3 atom stereocenters. The molecule has 0 amide bonds. The van der Waals surface area contributed by atoms with Gasteiger partial charge in [0, 0.05) is 24.7 Å². The van der Waals surface area contributed by atoms with Crippen LogP contribution in [-0.4, -0.2) is 29.0 Å². The molecule has 0 spiro atoms. The molecule has 4 rings (SSSR count). The van der Waals surface area contributed by atoms with E-state index in [1.165, 1.54) is 19.3 Å². The first-order chi connectivity index (χ1) is 10.8. The Morgan fingerprint density at radius 2 is 1.92 bits per heavy atom. The number of nitrogens with zero attached hydrogens (tertiary/aromatic N) is 2. The Morgan fingerprint density at radius 3 is 2.67 bits per heavy atom. The average Bonchev–Trinajstić information content (AvgIpc) is 3.16. The molecule has 0 radical (unpaired) electrons. The van der Waals surface area contributed by atoms with Gasteiger partial charge < -0.3 is 10.2 Å². The Kier molecular flexibility index (Phi) is 6.70. The maximum atomic E-state index is 6.29. The fraction of sp³-hybridized carbons (Fsp3) is 0.500. The Balaban J connectivity index is 0.00000104. The summed E-state index contributed by atoms with van der Waals surface area (Å²) >= 11 is 0. The number of hydrogen-bond donors (Lipinski definition) is 1. The van der Waals surface area contributed by atoms with Crippen LogP contribution in [0.2, 0.25) is 0 Å². The number of aromatic nitrogens is 1. The van der Waals surface area contributed by atoms with E-state index >= 15 is 0 Å². The molecule has 2 heterocycles. The second-order valence-electron chi connectivity index (χ2n) is 6.70. The molecule has 6 heteroatoms. The summed E-state index contributed by atoms with van der Waals surface area (Å²) in [7, 11) is 0. The molecule has 1 aromatic carbocycles. The van der Waals surface area contributed by atoms with Crippen molar-refractivity contribution in [3.05, 3.63) is 42.4 Å². The lowest BCUT2D eigenvalue weighted by molar-refractivity contribution is 0.258. The standard InChI is InChI=1S/C18H23N3O.2ClH/c19-16-8-4-7-14-10-21(11-15(14)16)12-18-20-9-17(22-18)13-5-2-1-3-6-13;;/h1-3,5-6,9,14-16H,4,7-8,10-12,19H2;2*1H. The molecule has 24 heavy (non-hydrogen) atoms. The largest absolute Gasteiger partial charge is 0.439 e. The third-order valence-corrected chi connectivity index (χ3v) is 5.20. The Hall–Kier alpha value is -1.07. The average molecular weight is 370 g/mol. The zero-order valence-electron chi connectivity index (χ0n) is 13.6. The number of nitrogens with two attached hydrogens (primary N) is 1. The number of rotatable bonds is 3. The topological polar surface area (TPSA) is 55.3 Å². The molecule has 4 nitrogen and oxygen atoms in total. The molecule has 1 saturated carbocycles. The summed E-state index contributed by atoms with van der Waals surface area (Å²) < 4.78 is 5.93. The first-order valence-electron chi connectivity index (χ1n) is 8.27. The Bertz CT molecular complexity index is 634. The van der Waals surface area contributed by atoms with Crippen LogP contribution in [0.3, 0.4) is 0 Å². The van der Waals surface area contributed by atoms with E-state index < -0.39 is 0 Å². The normalized spacial score (nSPS) is 26.3. The van der Waals surface area contributed by atoms with Gasteiger partial charge in [0.15, 0.2) is 5.76 Å². The number of oxazole rings is 1. The molecule has 0 bridgehead atoms. The molecule has 132 valence electrons. The predicted octanol–water partition coefficient (Wildman–Crippen LogP) is 3.74. The molecule has 1 aliphatic heterocycles. The van der Waals surface area contributed by atoms with E-state index in [1.54, 1.807) is 0 Å². The van der Waals surface area contributed by atoms with Crippen LogP contribution in [0.15, 0.2) is 40.9 Å². The summed E-state index contributed by atoms with van der Waals surface area (Å²) in [6.07, 6.45) is 5.63. The summed E-state index contributed by atoms with van der Waals surface area (Å²) in [5.41, 5.74) is 7.37. The molecule has 2 N–H and O–H groups in total. The van der Waals surface area contributed by atoms with Crippen molar-refractivity contribution in [1.82, 2.24) is 9.88 Å². The highest BCUT2D eigenvalue weighted by Crippen LogP contribution is 2.36. The van der Waals surface area contributed by atoms with Gasteiger partial charge in [-0.15, -0.1) is 24.8 Å². The fourth-order valence-corrected chi connectivity index (χ4v) is 4.05. The van der Waals surface area contributed by atoms with Gasteiger partial charge in [-0.1, -0.05) is 36.8 Å². The third-order valence-electron chi connectivity index (χ3n) is 5.20. The summed E-state index contributed by atoms with van der Waals surface area (Å²) in [5, 5.41) is 0. The van der Waals surface area contributed by atoms with Crippen LogP contribution in [0.4, 0.5) is 0 Å². The third kappa shape index (κ3) is 3.94. The maximum Gasteiger partial charge on any atom is 0.209 e. The van der Waals surface area contributed by atoms with Crippen LogP contribution in [0.5, 0.6) is 0 Å². The highest BCUT2D eigenvalue weighted by molar-refractivity contribution is 5.85. The minimum Gasteiger partial charge on any atom is -0.439 e. The zero-order chi connectivity index (χ0) is 14.9. The molecule has 2 aromatic rings. The van der Waals surface area contributed by atoms with E-state index in [0.717, 1.165) is 42.8 Å². The highest BCUT2D eigenvalue weighted by Gasteiger charge is 2.38. The van der Waals surface area contributed by atoms with Crippen molar-refractivity contribution in [2.45, 2.75) is 31.8 Å². The van der Waals surface area contributed by atoms with Crippen molar-refractivity contribution in [2.75, 3.05) is 13.1 Å². The quantitative estimate of drug-likeness (QED) is 0.894. The van der Waals surface area contributed by atoms with Crippen LogP contribution in [-0.2, 0) is 6.54 Å². The Morgan fingerprint density at radius 1 is 1.12 bits per heavy atom. The number of hydrogen-bond acceptors (Lipinski definition) is 4. The first kappa shape index (κ1) is 19.3. The SMILES string of the molecule is Cl.Cl.NC1CCCC2CN(Cc3ncc(-c4ccccc4)o3)CC12. The summed E-state index contributed by atoms with van der Waals surface area (Å²) in [5.74, 6) is 3.10. The van der Waals surface area contributed by atoms with E-state index in [2.05, 4.69) is 9.88 Å². The molecule has 1 saturated heterocycles. The van der Waals surface area contributed by atoms with Gasteiger partial charge in [0.05, 0.1) is 12.7 Å². The van der Waals surface area contributed by atoms with Crippen LogP contribution < -0.4 is 5.73 Å². The van der Waals surface area contributed by atoms with E-state index in [0.29, 0.717) is 12.0 Å². The Labute approximate surface area is 155 Å². The highest BCUT2D eigenvalue weighted by atomic mass is 35.5. The molecular weight excluding hydrogens is 345 g/mol. The van der Waals surface area contributed by atoms with Gasteiger partial charge >= 0.3 is 0 Å². The van der Waals surface area contributed by atoms with E-state index in [9.17, 15) is 0 Å². The van der Waals surface area contributed by atoms with Gasteiger partial charge in [-0.05, 0) is 24.7 Å². The molecule has 3 unspecified atom stereocenters. The van der Waals surface area contributed by atoms with Gasteiger partial charge in [0.1, 0.15) is 0 Å². The van der Waals surface area contributed by atoms with E-state index in [4.69, 9.17) is 10.2 Å². The second-order valence-corrected chi connectivity index (χ2v) is 6.70. The monoisotopic (exact) mass is 369 g/mol. The van der Waals surface area contributed by atoms with Crippen molar-refractivity contribution >= 4 is 24.8 Å². The van der Waals surface area contributed by atoms with Crippen molar-refractivity contribution in [2.24, 2.45) is 17.6 Å². The van der Waals surface area contributed by atoms with Crippen LogP contribution in [0.1, 0.15) is 25.2 Å². The van der Waals surface area contributed by atoms with Gasteiger partial charge in [-0.2, -0.15) is 0 Å². The fourth-order valence-electron chi connectivity index (χ4n) is 4.05. The van der Waals surface area contributed by atoms with E-state index in [-0.39, 0.29) is 24.8 Å². The van der Waals surface area contributed by atoms with Crippen molar-refractivity contribution in [3.8, 4) is 11.3 Å². The van der Waals surface area contributed by atoms with Crippen molar-refractivity contribution in [3.63, 3.8) is 0 Å². The van der Waals surface area contributed by atoms with Gasteiger partial charge in [0.25, 0.3) is 0 Å². The molecule has 2 aliphatic rings. The van der Waals surface area contributed by atoms with Gasteiger partial charge in [-0.25, -0.2) is 4.98 Å². The number of likely N-dealkylation sites (tertiary alicyclic amines) is 1. The molecule has 1 aliphatic carbocycles. The predicted molar refractivity (Wildman–Crippen MR) is 101 cm³/mol. The summed E-state index contributed by atoms with van der Waals surface area (Å²) in [6.45, 7) is 3.03. The summed E-state index contributed by atoms with van der Waals surface area (Å²) in [4.78, 5) is 6.91. The second kappa shape index (κ2) is 8.34. The van der Waals surface area contributed by atoms with Crippen molar-refractivity contribution < 1.29 is 4.42 Å². The van der Waals surface area contributed by atoms with Crippen LogP contribution >= 0.6 is 24.8 Å². The van der Waals surface area contributed by atoms with E-state index in [1.807, 2.05) is 36.5 Å². The number of benzene rings is 1. The van der Waals surface area contributed by atoms with Gasteiger partial charge in [-0.3, -0.25) is 4.90 Å². The first-order valence-corrected chi connectivity index (χ1v) is 8.27. The summed E-state index contributed by atoms with van der Waals surface area (Å²) in [6, 6.07) is 10.5. The lowest BCUT2D eigenvalue weighted by Crippen LogP contribution is -2.38. The molecular formula is C18H25Cl2N3O. The minimum absolute atomic E-state index is 0.